The summed E-state index contributed by atoms with van der Waals surface area (Å²) < 4.78 is 19.6. The van der Waals surface area contributed by atoms with Crippen molar-refractivity contribution in [3.63, 3.8) is 0 Å². The molecule has 0 atom stereocenters. The Balaban J connectivity index is 1.91. The number of aryl methyl sites for hydroxylation is 4. The minimum absolute atomic E-state index is 0.673. The zero-order valence-electron chi connectivity index (χ0n) is 21.1. The third-order valence-electron chi connectivity index (χ3n) is 6.26. The number of ether oxygens (including phenoxy) is 3. The first-order valence-electron chi connectivity index (χ1n) is 11.6. The fraction of sp³-hybridized carbons (Fsp3) is 0.226. The van der Waals surface area contributed by atoms with Crippen LogP contribution in [0.5, 0.6) is 34.5 Å². The van der Waals surface area contributed by atoms with Crippen LogP contribution < -0.4 is 14.2 Å². The Kier molecular flexibility index (Phi) is 6.65. The second-order valence-electron chi connectivity index (χ2n) is 8.97. The average Bonchev–Trinajstić information content (AvgIpc) is 2.82. The van der Waals surface area contributed by atoms with Crippen molar-refractivity contribution in [1.29, 1.82) is 0 Å². The van der Waals surface area contributed by atoms with E-state index in [2.05, 4.69) is 71.9 Å². The molecule has 0 aliphatic carbocycles. The van der Waals surface area contributed by atoms with Crippen molar-refractivity contribution in [3.8, 4) is 34.5 Å². The lowest BCUT2D eigenvalue weighted by molar-refractivity contribution is 0.400. The summed E-state index contributed by atoms with van der Waals surface area (Å²) in [5.74, 6) is 4.63. The van der Waals surface area contributed by atoms with E-state index in [-0.39, 0.29) is 0 Å². The molecule has 0 aliphatic heterocycles. The van der Waals surface area contributed by atoms with Crippen molar-refractivity contribution in [2.24, 2.45) is 0 Å². The first-order chi connectivity index (χ1) is 16.3. The first kappa shape index (κ1) is 23.4. The summed E-state index contributed by atoms with van der Waals surface area (Å²) in [5, 5.41) is 0. The fourth-order valence-corrected chi connectivity index (χ4v) is 4.06. The van der Waals surface area contributed by atoms with Gasteiger partial charge in [-0.3, -0.25) is 0 Å². The van der Waals surface area contributed by atoms with Gasteiger partial charge < -0.3 is 14.2 Å². The number of rotatable bonds is 6. The lowest BCUT2D eigenvalue weighted by Gasteiger charge is -2.24. The van der Waals surface area contributed by atoms with Gasteiger partial charge in [-0.1, -0.05) is 48.5 Å². The van der Waals surface area contributed by atoms with Crippen molar-refractivity contribution in [3.05, 3.63) is 106 Å². The summed E-state index contributed by atoms with van der Waals surface area (Å²) >= 11 is 0. The highest BCUT2D eigenvalue weighted by molar-refractivity contribution is 5.65. The maximum absolute atomic E-state index is 6.65. The zero-order chi connectivity index (χ0) is 24.4. The average molecular weight is 453 g/mol. The van der Waals surface area contributed by atoms with E-state index in [1.165, 1.54) is 0 Å². The number of para-hydroxylation sites is 2. The first-order valence-corrected chi connectivity index (χ1v) is 11.6. The second-order valence-corrected chi connectivity index (χ2v) is 8.97. The van der Waals surface area contributed by atoms with Crippen LogP contribution in [0.1, 0.15) is 38.9 Å². The van der Waals surface area contributed by atoms with Crippen LogP contribution >= 0.6 is 0 Å². The van der Waals surface area contributed by atoms with Crippen LogP contribution in [0.25, 0.3) is 0 Å². The van der Waals surface area contributed by atoms with Crippen LogP contribution in [-0.2, 0) is 0 Å². The van der Waals surface area contributed by atoms with Crippen LogP contribution in [-0.4, -0.2) is 0 Å². The SMILES string of the molecule is Cc1ccc(C)c(Oc2c(C)c(C)c(Oc3ccccc3)c(C)c2Oc2c(C)cccc2C)c1. The molecule has 4 rings (SSSR count). The van der Waals surface area contributed by atoms with E-state index in [4.69, 9.17) is 14.2 Å². The molecule has 4 aromatic rings. The molecule has 0 spiro atoms. The molecule has 0 bridgehead atoms. The van der Waals surface area contributed by atoms with Gasteiger partial charge in [-0.15, -0.1) is 0 Å². The minimum Gasteiger partial charge on any atom is -0.457 e. The number of benzene rings is 4. The molecule has 0 fully saturated rings. The Bertz CT molecular complexity index is 1320. The van der Waals surface area contributed by atoms with Gasteiger partial charge >= 0.3 is 0 Å². The highest BCUT2D eigenvalue weighted by Gasteiger charge is 2.24. The molecular formula is C31H32O3. The minimum atomic E-state index is 0.673. The van der Waals surface area contributed by atoms with E-state index in [9.17, 15) is 0 Å². The maximum Gasteiger partial charge on any atom is 0.176 e. The normalized spacial score (nSPS) is 10.8. The molecule has 3 nitrogen and oxygen atoms in total. The summed E-state index contributed by atoms with van der Waals surface area (Å²) in [6, 6.07) is 22.2. The lowest BCUT2D eigenvalue weighted by Crippen LogP contribution is -2.03. The standard InChI is InChI=1S/C31H32O3/c1-19-16-17-20(2)27(18-19)33-30-24(6)23(5)29(32-26-14-9-8-10-15-26)25(7)31(30)34-28-21(3)12-11-13-22(28)4/h8-18H,1-7H3. The van der Waals surface area contributed by atoms with Crippen LogP contribution in [0, 0.1) is 48.5 Å². The molecule has 4 aromatic carbocycles. The third-order valence-corrected chi connectivity index (χ3v) is 6.26. The smallest absolute Gasteiger partial charge is 0.176 e. The third kappa shape index (κ3) is 4.65. The molecule has 0 radical (unpaired) electrons. The van der Waals surface area contributed by atoms with Gasteiger partial charge in [-0.05, 0) is 94.5 Å². The largest absolute Gasteiger partial charge is 0.457 e. The zero-order valence-corrected chi connectivity index (χ0v) is 21.1. The van der Waals surface area contributed by atoms with Crippen molar-refractivity contribution in [2.75, 3.05) is 0 Å². The number of hydrogen-bond acceptors (Lipinski definition) is 3. The predicted molar refractivity (Wildman–Crippen MR) is 139 cm³/mol. The van der Waals surface area contributed by atoms with E-state index < -0.39 is 0 Å². The Morgan fingerprint density at radius 2 is 1.06 bits per heavy atom. The summed E-state index contributed by atoms with van der Waals surface area (Å²) in [7, 11) is 0. The predicted octanol–water partition coefficient (Wildman–Crippen LogP) is 9.22. The summed E-state index contributed by atoms with van der Waals surface area (Å²) in [6.07, 6.45) is 0. The number of hydrogen-bond donors (Lipinski definition) is 0. The van der Waals surface area contributed by atoms with Gasteiger partial charge in [0, 0.05) is 11.1 Å². The molecule has 0 aliphatic rings. The molecule has 0 heterocycles. The van der Waals surface area contributed by atoms with E-state index in [1.807, 2.05) is 43.3 Å². The van der Waals surface area contributed by atoms with Gasteiger partial charge in [0.25, 0.3) is 0 Å². The van der Waals surface area contributed by atoms with Crippen molar-refractivity contribution < 1.29 is 14.2 Å². The maximum atomic E-state index is 6.65. The van der Waals surface area contributed by atoms with Gasteiger partial charge in [0.05, 0.1) is 0 Å². The highest BCUT2D eigenvalue weighted by atomic mass is 16.5. The molecule has 0 amide bonds. The van der Waals surface area contributed by atoms with Crippen molar-refractivity contribution >= 4 is 0 Å². The highest BCUT2D eigenvalue weighted by Crippen LogP contribution is 2.48. The topological polar surface area (TPSA) is 27.7 Å². The summed E-state index contributed by atoms with van der Waals surface area (Å²) in [4.78, 5) is 0. The van der Waals surface area contributed by atoms with Gasteiger partial charge in [0.1, 0.15) is 23.0 Å². The van der Waals surface area contributed by atoms with Gasteiger partial charge in [-0.25, -0.2) is 0 Å². The summed E-state index contributed by atoms with van der Waals surface area (Å²) in [5.41, 5.74) is 7.27. The molecular weight excluding hydrogens is 420 g/mol. The van der Waals surface area contributed by atoms with Gasteiger partial charge in [-0.2, -0.15) is 0 Å². The summed E-state index contributed by atoms with van der Waals surface area (Å²) in [6.45, 7) is 14.4. The Morgan fingerprint density at radius 3 is 1.74 bits per heavy atom. The van der Waals surface area contributed by atoms with E-state index in [1.54, 1.807) is 0 Å². The van der Waals surface area contributed by atoms with Crippen molar-refractivity contribution in [1.82, 2.24) is 0 Å². The van der Waals surface area contributed by atoms with E-state index in [0.717, 1.165) is 61.9 Å². The molecule has 0 saturated heterocycles. The van der Waals surface area contributed by atoms with Crippen molar-refractivity contribution in [2.45, 2.75) is 48.5 Å². The van der Waals surface area contributed by atoms with E-state index in [0.29, 0.717) is 11.5 Å². The van der Waals surface area contributed by atoms with Crippen LogP contribution in [0.2, 0.25) is 0 Å². The lowest BCUT2D eigenvalue weighted by atomic mass is 10.0. The molecule has 174 valence electrons. The Hall–Kier alpha value is -3.72. The fourth-order valence-electron chi connectivity index (χ4n) is 4.06. The van der Waals surface area contributed by atoms with Crippen LogP contribution in [0.3, 0.4) is 0 Å². The van der Waals surface area contributed by atoms with Crippen LogP contribution in [0.4, 0.5) is 0 Å². The Labute approximate surface area is 202 Å². The molecule has 34 heavy (non-hydrogen) atoms. The molecule has 0 saturated carbocycles. The quantitative estimate of drug-likeness (QED) is 0.292. The monoisotopic (exact) mass is 452 g/mol. The van der Waals surface area contributed by atoms with Gasteiger partial charge in [0.2, 0.25) is 0 Å². The molecule has 3 heteroatoms. The second kappa shape index (κ2) is 9.64. The Morgan fingerprint density at radius 1 is 0.441 bits per heavy atom. The van der Waals surface area contributed by atoms with Gasteiger partial charge in [0.15, 0.2) is 11.5 Å². The van der Waals surface area contributed by atoms with Crippen LogP contribution in [0.15, 0.2) is 66.7 Å². The molecule has 0 unspecified atom stereocenters. The molecule has 0 N–H and O–H groups in total. The van der Waals surface area contributed by atoms with E-state index >= 15 is 0 Å². The molecule has 0 aromatic heterocycles.